The summed E-state index contributed by atoms with van der Waals surface area (Å²) < 4.78 is 49.9. The van der Waals surface area contributed by atoms with Crippen molar-refractivity contribution in [3.63, 3.8) is 0 Å². The van der Waals surface area contributed by atoms with Gasteiger partial charge in [-0.05, 0) is 140 Å². The van der Waals surface area contributed by atoms with Crippen LogP contribution in [0.4, 0.5) is 22.7 Å². The lowest BCUT2D eigenvalue weighted by Gasteiger charge is -2.24. The Morgan fingerprint density at radius 3 is 1.12 bits per heavy atom. The van der Waals surface area contributed by atoms with Crippen molar-refractivity contribution in [2.24, 2.45) is 0 Å². The number of nitrogens with zero attached hydrogens (tertiary/aromatic N) is 1. The SMILES string of the molecule is CC(C)(C)c1ccc(C(CC(=O)Nc2ccc3c(c2)OCCO3)c2ccc(C(C)(C)C)cc2)cc1.CC(CC(=O)Nc1ccc2c(c1)OCCO2)c1ccc(C(C)(C)C)cc1.CCc1ccc(CCC(=O)Nc2ccc3c(c2)OCCO3)o1.O=C(CCc1cnc2ccccc2c1)Nc1ccc2c(c1)OCCO2. The first kappa shape index (κ1) is 77.8. The van der Waals surface area contributed by atoms with Crippen molar-refractivity contribution in [1.29, 1.82) is 0 Å². The Bertz CT molecular complexity index is 4640. The van der Waals surface area contributed by atoms with Gasteiger partial charge in [0.2, 0.25) is 23.6 Å². The Labute approximate surface area is 634 Å². The molecule has 0 bridgehead atoms. The smallest absolute Gasteiger partial charge is 0.225 e. The summed E-state index contributed by atoms with van der Waals surface area (Å²) in [6.07, 6.45) is 5.49. The van der Waals surface area contributed by atoms with Crippen LogP contribution < -0.4 is 59.2 Å². The number of hydrogen-bond donors (Lipinski definition) is 4. The number of carbonyl (C=O) groups is 4. The molecule has 564 valence electrons. The molecule has 4 aliphatic rings. The normalized spacial score (nSPS) is 13.5. The number of carbonyl (C=O) groups excluding carboxylic acids is 4. The van der Waals surface area contributed by atoms with E-state index < -0.39 is 0 Å². The van der Waals surface area contributed by atoms with E-state index in [1.807, 2.05) is 110 Å². The molecule has 0 fully saturated rings. The number of ether oxygens (including phenoxy) is 8. The van der Waals surface area contributed by atoms with E-state index in [1.165, 1.54) is 22.3 Å². The van der Waals surface area contributed by atoms with Crippen LogP contribution in [0, 0.1) is 0 Å². The van der Waals surface area contributed by atoms with Crippen molar-refractivity contribution in [3.05, 3.63) is 245 Å². The number of amides is 4. The molecule has 4 N–H and O–H groups in total. The maximum Gasteiger partial charge on any atom is 0.225 e. The van der Waals surface area contributed by atoms with E-state index in [0.717, 1.165) is 57.0 Å². The molecule has 6 heterocycles. The molecule has 18 nitrogen and oxygen atoms in total. The first-order chi connectivity index (χ1) is 51.8. The summed E-state index contributed by atoms with van der Waals surface area (Å²) in [4.78, 5) is 54.3. The Kier molecular flexibility index (Phi) is 25.9. The lowest BCUT2D eigenvalue weighted by Crippen LogP contribution is -2.18. The number of anilines is 4. The second kappa shape index (κ2) is 35.9. The van der Waals surface area contributed by atoms with Gasteiger partial charge in [0.15, 0.2) is 46.0 Å². The van der Waals surface area contributed by atoms with Crippen molar-refractivity contribution in [1.82, 2.24) is 4.98 Å². The molecule has 8 aromatic carbocycles. The van der Waals surface area contributed by atoms with E-state index in [0.29, 0.717) is 149 Å². The van der Waals surface area contributed by atoms with Crippen molar-refractivity contribution in [3.8, 4) is 46.0 Å². The molecule has 4 amide bonds. The highest BCUT2D eigenvalue weighted by atomic mass is 16.6. The standard InChI is InChI=1S/C31H37NO3.C22H27NO3.C20H18N2O3.C17H19NO4/c1-30(2,3)23-11-7-21(8-12-23)26(22-9-13-24(14-10-22)31(4,5)6)20-29(33)32-25-15-16-27-28(19-25)35-18-17-34-27;1-15(16-5-7-17(8-6-16)22(2,3)4)13-21(24)23-18-9-10-19-20(14-18)26-12-11-25-19;23-20(22-16-6-7-18-19(12-16)25-10-9-24-18)8-5-14-11-15-3-1-2-4-17(15)21-13-14;1-2-13-4-5-14(22-13)6-8-17(19)18-12-3-7-15-16(11-12)21-10-9-20-15/h7-16,19,26H,17-18,20H2,1-6H3,(H,32,33);5-10,14-15H,11-13H2,1-4H3,(H,23,24);1-4,6-7,11-13H,5,8-10H2,(H,22,23);3-5,7,11H,2,6,8-10H2,1H3,(H,18,19). The Hall–Kier alpha value is -11.3. The van der Waals surface area contributed by atoms with Crippen molar-refractivity contribution < 1.29 is 61.5 Å². The molecule has 18 heteroatoms. The van der Waals surface area contributed by atoms with Gasteiger partial charge < -0.3 is 63.6 Å². The Balaban J connectivity index is 0.000000145. The Morgan fingerprint density at radius 1 is 0.380 bits per heavy atom. The molecule has 14 rings (SSSR count). The van der Waals surface area contributed by atoms with Gasteiger partial charge in [-0.1, -0.05) is 167 Å². The minimum Gasteiger partial charge on any atom is -0.486 e. The molecular formula is C90H101N5O13. The van der Waals surface area contributed by atoms with Crippen LogP contribution >= 0.6 is 0 Å². The summed E-state index contributed by atoms with van der Waals surface area (Å²) >= 11 is 0. The minimum atomic E-state index is -0.0499. The van der Waals surface area contributed by atoms with Gasteiger partial charge in [0.1, 0.15) is 64.4 Å². The Morgan fingerprint density at radius 2 is 0.731 bits per heavy atom. The number of rotatable bonds is 18. The van der Waals surface area contributed by atoms with E-state index in [2.05, 4.69) is 174 Å². The van der Waals surface area contributed by atoms with Gasteiger partial charge in [0, 0.05) is 103 Å². The summed E-state index contributed by atoms with van der Waals surface area (Å²) in [5.74, 6) is 7.32. The van der Waals surface area contributed by atoms with Crippen LogP contribution in [0.25, 0.3) is 10.9 Å². The average Bonchev–Trinajstić information content (AvgIpc) is 0.829. The van der Waals surface area contributed by atoms with E-state index in [-0.39, 0.29) is 51.7 Å². The zero-order valence-electron chi connectivity index (χ0n) is 64.0. The van der Waals surface area contributed by atoms with Crippen LogP contribution in [0.5, 0.6) is 46.0 Å². The van der Waals surface area contributed by atoms with Gasteiger partial charge in [-0.25, -0.2) is 0 Å². The predicted molar refractivity (Wildman–Crippen MR) is 426 cm³/mol. The first-order valence-corrected chi connectivity index (χ1v) is 37.4. The molecule has 0 spiro atoms. The third-order valence-corrected chi connectivity index (χ3v) is 18.8. The second-order valence-electron chi connectivity index (χ2n) is 30.4. The minimum absolute atomic E-state index is 0.00549. The predicted octanol–water partition coefficient (Wildman–Crippen LogP) is 18.9. The molecule has 0 radical (unpaired) electrons. The van der Waals surface area contributed by atoms with Crippen LogP contribution in [0.3, 0.4) is 0 Å². The maximum absolute atomic E-state index is 13.2. The van der Waals surface area contributed by atoms with E-state index in [1.54, 1.807) is 12.1 Å². The van der Waals surface area contributed by atoms with E-state index >= 15 is 0 Å². The second-order valence-corrected chi connectivity index (χ2v) is 30.4. The fourth-order valence-corrected chi connectivity index (χ4v) is 12.6. The summed E-state index contributed by atoms with van der Waals surface area (Å²) in [7, 11) is 0. The number of hydrogen-bond acceptors (Lipinski definition) is 14. The summed E-state index contributed by atoms with van der Waals surface area (Å²) in [6, 6.07) is 61.8. The summed E-state index contributed by atoms with van der Waals surface area (Å²) in [6.45, 7) is 28.3. The molecular weight excluding hydrogens is 1360 g/mol. The molecule has 0 saturated heterocycles. The van der Waals surface area contributed by atoms with Gasteiger partial charge in [0.25, 0.3) is 0 Å². The highest BCUT2D eigenvalue weighted by Gasteiger charge is 2.25. The zero-order valence-corrected chi connectivity index (χ0v) is 64.0. The van der Waals surface area contributed by atoms with Gasteiger partial charge in [-0.2, -0.15) is 0 Å². The van der Waals surface area contributed by atoms with E-state index in [4.69, 9.17) is 42.3 Å². The monoisotopic (exact) mass is 1460 g/mol. The first-order valence-electron chi connectivity index (χ1n) is 37.4. The summed E-state index contributed by atoms with van der Waals surface area (Å²) in [5, 5.41) is 12.9. The molecule has 1 unspecified atom stereocenters. The highest BCUT2D eigenvalue weighted by Crippen LogP contribution is 2.39. The number of nitrogens with one attached hydrogen (secondary N) is 4. The van der Waals surface area contributed by atoms with Crippen molar-refractivity contribution in [2.75, 3.05) is 74.1 Å². The average molecular weight is 1460 g/mol. The molecule has 0 saturated carbocycles. The van der Waals surface area contributed by atoms with Gasteiger partial charge >= 0.3 is 0 Å². The van der Waals surface area contributed by atoms with Crippen LogP contribution in [0.2, 0.25) is 0 Å². The van der Waals surface area contributed by atoms with Gasteiger partial charge in [-0.3, -0.25) is 24.2 Å². The fourth-order valence-electron chi connectivity index (χ4n) is 12.6. The van der Waals surface area contributed by atoms with Gasteiger partial charge in [-0.15, -0.1) is 0 Å². The number of furan rings is 1. The topological polar surface area (TPSA) is 216 Å². The number of pyridine rings is 1. The van der Waals surface area contributed by atoms with Crippen LogP contribution in [-0.2, 0) is 54.7 Å². The number of aryl methyl sites for hydroxylation is 3. The molecule has 10 aromatic rings. The quantitative estimate of drug-likeness (QED) is 0.0629. The number of aromatic nitrogens is 1. The largest absolute Gasteiger partial charge is 0.486 e. The van der Waals surface area contributed by atoms with Crippen molar-refractivity contribution in [2.45, 2.75) is 149 Å². The van der Waals surface area contributed by atoms with Gasteiger partial charge in [0.05, 0.1) is 5.52 Å². The maximum atomic E-state index is 13.2. The molecule has 4 aliphatic heterocycles. The number of para-hydroxylation sites is 1. The summed E-state index contributed by atoms with van der Waals surface area (Å²) in [5.41, 5.74) is 12.5. The third kappa shape index (κ3) is 22.2. The molecule has 108 heavy (non-hydrogen) atoms. The lowest BCUT2D eigenvalue weighted by molar-refractivity contribution is -0.117. The fraction of sp³-hybridized carbons (Fsp3) is 0.344. The zero-order chi connectivity index (χ0) is 76.4. The van der Waals surface area contributed by atoms with E-state index in [9.17, 15) is 19.2 Å². The van der Waals surface area contributed by atoms with Crippen molar-refractivity contribution >= 4 is 57.3 Å². The van der Waals surface area contributed by atoms with Crippen LogP contribution in [-0.4, -0.2) is 81.5 Å². The van der Waals surface area contributed by atoms with Crippen LogP contribution in [0.1, 0.15) is 164 Å². The van der Waals surface area contributed by atoms with Crippen LogP contribution in [0.15, 0.2) is 199 Å². The molecule has 0 aliphatic carbocycles. The number of fused-ring (bicyclic) bond motifs is 5. The highest BCUT2D eigenvalue weighted by molar-refractivity contribution is 5.94. The molecule has 2 aromatic heterocycles. The molecule has 1 atom stereocenters. The lowest BCUT2D eigenvalue weighted by atomic mass is 9.82. The number of benzene rings is 8. The third-order valence-electron chi connectivity index (χ3n) is 18.8.